The average Bonchev–Trinajstić information content (AvgIpc) is 2.19. The summed E-state index contributed by atoms with van der Waals surface area (Å²) in [6.07, 6.45) is 0. The molecule has 0 saturated carbocycles. The van der Waals surface area contributed by atoms with Crippen LogP contribution in [0.2, 0.25) is 0 Å². The van der Waals surface area contributed by atoms with E-state index >= 15 is 0 Å². The summed E-state index contributed by atoms with van der Waals surface area (Å²) in [6.45, 7) is 0. The molecule has 3 N–H and O–H groups in total. The van der Waals surface area contributed by atoms with Crippen molar-refractivity contribution in [2.24, 2.45) is 5.90 Å². The van der Waals surface area contributed by atoms with Gasteiger partial charge in [0.1, 0.15) is 0 Å². The molecule has 0 fully saturated rings. The third kappa shape index (κ3) is 2.08. The summed E-state index contributed by atoms with van der Waals surface area (Å²) in [7, 11) is 0. The normalized spacial score (nSPS) is 11.8. The Morgan fingerprint density at radius 2 is 1.86 bits per heavy atom. The minimum absolute atomic E-state index is 0.343. The lowest BCUT2D eigenvalue weighted by atomic mass is 10.00. The van der Waals surface area contributed by atoms with E-state index in [1.165, 1.54) is 12.1 Å². The Kier molecular flexibility index (Phi) is 3.19. The van der Waals surface area contributed by atoms with Crippen LogP contribution in [0.25, 0.3) is 0 Å². The average molecular weight is 195 g/mol. The lowest BCUT2D eigenvalue weighted by molar-refractivity contribution is -0.154. The van der Waals surface area contributed by atoms with Gasteiger partial charge in [-0.2, -0.15) is 5.90 Å². The van der Waals surface area contributed by atoms with Gasteiger partial charge in [0, 0.05) is 0 Å². The number of rotatable bonds is 3. The number of benzene rings is 1. The van der Waals surface area contributed by atoms with Crippen molar-refractivity contribution in [2.45, 2.75) is 5.92 Å². The van der Waals surface area contributed by atoms with Crippen molar-refractivity contribution in [1.82, 2.24) is 0 Å². The molecule has 0 aliphatic rings. The minimum Gasteiger partial charge on any atom is -0.480 e. The summed E-state index contributed by atoms with van der Waals surface area (Å²) in [4.78, 5) is 25.7. The Morgan fingerprint density at radius 3 is 2.29 bits per heavy atom. The van der Waals surface area contributed by atoms with Crippen molar-refractivity contribution in [1.29, 1.82) is 0 Å². The second-order valence-corrected chi connectivity index (χ2v) is 2.62. The van der Waals surface area contributed by atoms with Gasteiger partial charge in [-0.25, -0.2) is 4.79 Å². The zero-order valence-electron chi connectivity index (χ0n) is 7.21. The van der Waals surface area contributed by atoms with Crippen molar-refractivity contribution >= 4 is 11.9 Å². The number of carbonyl (C=O) groups excluding carboxylic acids is 1. The van der Waals surface area contributed by atoms with Crippen LogP contribution in [0.5, 0.6) is 0 Å². The molecular formula is C9H9NO4. The Hall–Kier alpha value is -1.88. The number of hydrogen-bond acceptors (Lipinski definition) is 4. The fraction of sp³-hybridized carbons (Fsp3) is 0.111. The second kappa shape index (κ2) is 4.38. The predicted octanol–water partition coefficient (Wildman–Crippen LogP) is 0.272. The van der Waals surface area contributed by atoms with Gasteiger partial charge in [0.15, 0.2) is 5.92 Å². The Bertz CT molecular complexity index is 336. The van der Waals surface area contributed by atoms with Crippen LogP contribution in [-0.2, 0) is 14.4 Å². The van der Waals surface area contributed by atoms with E-state index in [0.717, 1.165) is 0 Å². The van der Waals surface area contributed by atoms with Crippen molar-refractivity contribution in [3.63, 3.8) is 0 Å². The third-order valence-corrected chi connectivity index (χ3v) is 1.73. The quantitative estimate of drug-likeness (QED) is 0.533. The third-order valence-electron chi connectivity index (χ3n) is 1.73. The van der Waals surface area contributed by atoms with Crippen LogP contribution in [0.4, 0.5) is 0 Å². The molecule has 1 rings (SSSR count). The van der Waals surface area contributed by atoms with E-state index in [-0.39, 0.29) is 0 Å². The summed E-state index contributed by atoms with van der Waals surface area (Å²) in [5.74, 6) is 1.01. The zero-order valence-corrected chi connectivity index (χ0v) is 7.21. The maximum Gasteiger partial charge on any atom is 0.343 e. The molecule has 0 spiro atoms. The van der Waals surface area contributed by atoms with Gasteiger partial charge in [-0.1, -0.05) is 30.3 Å². The lowest BCUT2D eigenvalue weighted by Gasteiger charge is -2.08. The first kappa shape index (κ1) is 10.2. The molecule has 5 nitrogen and oxygen atoms in total. The van der Waals surface area contributed by atoms with E-state index in [4.69, 9.17) is 5.11 Å². The molecule has 0 aliphatic heterocycles. The maximum atomic E-state index is 11.0. The molecule has 1 aromatic carbocycles. The Morgan fingerprint density at radius 1 is 1.29 bits per heavy atom. The molecule has 1 atom stereocenters. The molecule has 0 aromatic heterocycles. The standard InChI is InChI=1S/C9H9NO4/c10-14-9(13)7(8(11)12)6-4-2-1-3-5-6/h1-5,7H,10H2,(H,11,12). The first-order valence-corrected chi connectivity index (χ1v) is 3.85. The van der Waals surface area contributed by atoms with E-state index in [1.54, 1.807) is 18.2 Å². The van der Waals surface area contributed by atoms with Gasteiger partial charge in [0.05, 0.1) is 0 Å². The molecular weight excluding hydrogens is 186 g/mol. The van der Waals surface area contributed by atoms with Crippen LogP contribution in [0, 0.1) is 0 Å². The fourth-order valence-corrected chi connectivity index (χ4v) is 1.09. The number of carboxylic acids is 1. The first-order chi connectivity index (χ1) is 6.66. The zero-order chi connectivity index (χ0) is 10.6. The molecule has 0 heterocycles. The predicted molar refractivity (Wildman–Crippen MR) is 47.1 cm³/mol. The van der Waals surface area contributed by atoms with Crippen molar-refractivity contribution < 1.29 is 19.5 Å². The van der Waals surface area contributed by atoms with Gasteiger partial charge in [0.25, 0.3) is 0 Å². The van der Waals surface area contributed by atoms with Gasteiger partial charge >= 0.3 is 11.9 Å². The largest absolute Gasteiger partial charge is 0.480 e. The summed E-state index contributed by atoms with van der Waals surface area (Å²) in [5, 5.41) is 8.77. The van der Waals surface area contributed by atoms with Gasteiger partial charge < -0.3 is 9.94 Å². The van der Waals surface area contributed by atoms with Crippen LogP contribution in [0.1, 0.15) is 11.5 Å². The van der Waals surface area contributed by atoms with E-state index in [0.29, 0.717) is 5.56 Å². The smallest absolute Gasteiger partial charge is 0.343 e. The molecule has 74 valence electrons. The monoisotopic (exact) mass is 195 g/mol. The molecule has 5 heteroatoms. The highest BCUT2D eigenvalue weighted by Gasteiger charge is 2.29. The number of carbonyl (C=O) groups is 2. The topological polar surface area (TPSA) is 89.6 Å². The molecule has 0 radical (unpaired) electrons. The van der Waals surface area contributed by atoms with Crippen LogP contribution < -0.4 is 5.90 Å². The number of carboxylic acid groups (broad SMARTS) is 1. The van der Waals surface area contributed by atoms with E-state index in [9.17, 15) is 9.59 Å². The van der Waals surface area contributed by atoms with Crippen molar-refractivity contribution in [3.8, 4) is 0 Å². The summed E-state index contributed by atoms with van der Waals surface area (Å²) >= 11 is 0. The van der Waals surface area contributed by atoms with Crippen LogP contribution in [0.3, 0.4) is 0 Å². The Balaban J connectivity index is 3.01. The van der Waals surface area contributed by atoms with Gasteiger partial charge in [0.2, 0.25) is 0 Å². The highest BCUT2D eigenvalue weighted by molar-refractivity contribution is 5.99. The van der Waals surface area contributed by atoms with Crippen molar-refractivity contribution in [2.75, 3.05) is 0 Å². The van der Waals surface area contributed by atoms with E-state index < -0.39 is 17.9 Å². The highest BCUT2D eigenvalue weighted by Crippen LogP contribution is 2.16. The molecule has 0 saturated heterocycles. The van der Waals surface area contributed by atoms with Gasteiger partial charge in [-0.05, 0) is 5.56 Å². The van der Waals surface area contributed by atoms with Gasteiger partial charge in [-0.15, -0.1) is 0 Å². The van der Waals surface area contributed by atoms with Crippen LogP contribution >= 0.6 is 0 Å². The second-order valence-electron chi connectivity index (χ2n) is 2.62. The molecule has 0 bridgehead atoms. The first-order valence-electron chi connectivity index (χ1n) is 3.85. The number of aliphatic carboxylic acids is 1. The van der Waals surface area contributed by atoms with E-state index in [1.807, 2.05) is 0 Å². The molecule has 1 aromatic rings. The molecule has 1 unspecified atom stereocenters. The maximum absolute atomic E-state index is 11.0. The SMILES string of the molecule is NOC(=O)C(C(=O)O)c1ccccc1. The van der Waals surface area contributed by atoms with Crippen molar-refractivity contribution in [3.05, 3.63) is 35.9 Å². The summed E-state index contributed by atoms with van der Waals surface area (Å²) < 4.78 is 0. The molecule has 0 aliphatic carbocycles. The Labute approximate surface area is 80.1 Å². The van der Waals surface area contributed by atoms with E-state index in [2.05, 4.69) is 10.7 Å². The lowest BCUT2D eigenvalue weighted by Crippen LogP contribution is -2.25. The highest BCUT2D eigenvalue weighted by atomic mass is 16.7. The van der Waals surface area contributed by atoms with Crippen LogP contribution in [0.15, 0.2) is 30.3 Å². The number of hydrogen-bond donors (Lipinski definition) is 2. The number of nitrogens with two attached hydrogens (primary N) is 1. The minimum atomic E-state index is -1.36. The van der Waals surface area contributed by atoms with Gasteiger partial charge in [-0.3, -0.25) is 4.79 Å². The molecule has 14 heavy (non-hydrogen) atoms. The fourth-order valence-electron chi connectivity index (χ4n) is 1.09. The summed E-state index contributed by atoms with van der Waals surface area (Å²) in [6, 6.07) is 8.03. The summed E-state index contributed by atoms with van der Waals surface area (Å²) in [5.41, 5.74) is 0.343. The van der Waals surface area contributed by atoms with Crippen LogP contribution in [-0.4, -0.2) is 17.0 Å². The molecule has 0 amide bonds.